The Morgan fingerprint density at radius 2 is 1.68 bits per heavy atom. The summed E-state index contributed by atoms with van der Waals surface area (Å²) in [7, 11) is 0. The fourth-order valence-corrected chi connectivity index (χ4v) is 4.28. The van der Waals surface area contributed by atoms with Crippen LogP contribution < -0.4 is 5.32 Å². The molecule has 0 spiro atoms. The molecular weight excluding hydrogens is 234 g/mol. The van der Waals surface area contributed by atoms with Crippen molar-refractivity contribution in [2.24, 2.45) is 17.3 Å². The van der Waals surface area contributed by atoms with Crippen molar-refractivity contribution < 1.29 is 4.74 Å². The molecule has 5 unspecified atom stereocenters. The fourth-order valence-electron chi connectivity index (χ4n) is 4.28. The van der Waals surface area contributed by atoms with Gasteiger partial charge in [0, 0.05) is 11.5 Å². The highest BCUT2D eigenvalue weighted by molar-refractivity contribution is 5.05. The van der Waals surface area contributed by atoms with Gasteiger partial charge in [0.15, 0.2) is 0 Å². The van der Waals surface area contributed by atoms with E-state index in [4.69, 9.17) is 4.74 Å². The Bertz CT molecular complexity index is 283. The van der Waals surface area contributed by atoms with Crippen molar-refractivity contribution in [1.29, 1.82) is 0 Å². The van der Waals surface area contributed by atoms with Gasteiger partial charge in [0.05, 0.1) is 12.2 Å². The van der Waals surface area contributed by atoms with Gasteiger partial charge in [-0.05, 0) is 50.5 Å². The molecule has 19 heavy (non-hydrogen) atoms. The van der Waals surface area contributed by atoms with E-state index in [1.54, 1.807) is 0 Å². The Kier molecular flexibility index (Phi) is 4.94. The normalized spacial score (nSPS) is 46.9. The molecule has 5 atom stereocenters. The maximum Gasteiger partial charge on any atom is 0.0662 e. The third-order valence-electron chi connectivity index (χ3n) is 5.69. The van der Waals surface area contributed by atoms with E-state index in [0.717, 1.165) is 18.4 Å². The first kappa shape index (κ1) is 15.3. The van der Waals surface area contributed by atoms with Gasteiger partial charge in [-0.15, -0.1) is 0 Å². The van der Waals surface area contributed by atoms with E-state index in [1.807, 2.05) is 0 Å². The average Bonchev–Trinajstić information content (AvgIpc) is 2.35. The zero-order valence-corrected chi connectivity index (χ0v) is 13.5. The van der Waals surface area contributed by atoms with Crippen molar-refractivity contribution in [3.63, 3.8) is 0 Å². The molecule has 0 aromatic carbocycles. The fraction of sp³-hybridized carbons (Fsp3) is 1.00. The maximum atomic E-state index is 6.51. The maximum absolute atomic E-state index is 6.51. The first-order valence-corrected chi connectivity index (χ1v) is 8.38. The van der Waals surface area contributed by atoms with E-state index in [9.17, 15) is 0 Å². The van der Waals surface area contributed by atoms with Crippen LogP contribution in [-0.4, -0.2) is 24.8 Å². The molecule has 2 heteroatoms. The second-order valence-electron chi connectivity index (χ2n) is 7.37. The Balaban J connectivity index is 1.89. The number of nitrogens with one attached hydrogen (secondary N) is 1. The van der Waals surface area contributed by atoms with Gasteiger partial charge < -0.3 is 10.1 Å². The van der Waals surface area contributed by atoms with Gasteiger partial charge >= 0.3 is 0 Å². The Morgan fingerprint density at radius 1 is 1.05 bits per heavy atom. The smallest absolute Gasteiger partial charge is 0.0662 e. The van der Waals surface area contributed by atoms with Gasteiger partial charge in [-0.25, -0.2) is 0 Å². The standard InChI is InChI=1S/C17H33NO/c1-6-17(5)15(18-7-2)11-16(17)19-14-9-12(3)8-13(4)10-14/h12-16,18H,6-11H2,1-5H3. The van der Waals surface area contributed by atoms with Crippen LogP contribution >= 0.6 is 0 Å². The quantitative estimate of drug-likeness (QED) is 0.813. The third-order valence-corrected chi connectivity index (χ3v) is 5.69. The average molecular weight is 267 g/mol. The van der Waals surface area contributed by atoms with Gasteiger partial charge in [-0.3, -0.25) is 0 Å². The van der Waals surface area contributed by atoms with Gasteiger partial charge in [0.2, 0.25) is 0 Å². The highest BCUT2D eigenvalue weighted by Gasteiger charge is 2.51. The van der Waals surface area contributed by atoms with E-state index in [-0.39, 0.29) is 0 Å². The lowest BCUT2D eigenvalue weighted by molar-refractivity contribution is -0.168. The molecule has 0 aromatic heterocycles. The Labute approximate surface area is 119 Å². The van der Waals surface area contributed by atoms with Gasteiger partial charge in [-0.2, -0.15) is 0 Å². The lowest BCUT2D eigenvalue weighted by atomic mass is 9.61. The van der Waals surface area contributed by atoms with Crippen molar-refractivity contribution in [3.05, 3.63) is 0 Å². The second kappa shape index (κ2) is 6.13. The molecule has 2 rings (SSSR count). The van der Waals surface area contributed by atoms with Crippen LogP contribution in [-0.2, 0) is 4.74 Å². The first-order valence-electron chi connectivity index (χ1n) is 8.38. The van der Waals surface area contributed by atoms with Crippen LogP contribution in [0.15, 0.2) is 0 Å². The van der Waals surface area contributed by atoms with Crippen molar-refractivity contribution in [2.45, 2.75) is 85.0 Å². The summed E-state index contributed by atoms with van der Waals surface area (Å²) in [5.74, 6) is 1.68. The number of ether oxygens (including phenoxy) is 1. The van der Waals surface area contributed by atoms with E-state index in [1.165, 1.54) is 32.1 Å². The summed E-state index contributed by atoms with van der Waals surface area (Å²) in [6, 6.07) is 0.658. The second-order valence-corrected chi connectivity index (χ2v) is 7.37. The number of hydrogen-bond acceptors (Lipinski definition) is 2. The molecule has 1 N–H and O–H groups in total. The molecule has 0 aliphatic heterocycles. The summed E-state index contributed by atoms with van der Waals surface area (Å²) in [5, 5.41) is 3.63. The Morgan fingerprint density at radius 3 is 2.21 bits per heavy atom. The summed E-state index contributed by atoms with van der Waals surface area (Å²) in [6.45, 7) is 12.8. The van der Waals surface area contributed by atoms with Crippen LogP contribution in [0.2, 0.25) is 0 Å². The molecule has 0 radical (unpaired) electrons. The van der Waals surface area contributed by atoms with Crippen LogP contribution in [0.25, 0.3) is 0 Å². The van der Waals surface area contributed by atoms with Crippen LogP contribution in [0.4, 0.5) is 0 Å². The molecule has 2 aliphatic rings. The predicted octanol–water partition coefficient (Wildman–Crippen LogP) is 3.99. The minimum absolute atomic E-state index is 0.347. The zero-order chi connectivity index (χ0) is 14.0. The molecular formula is C17H33NO. The molecule has 2 fully saturated rings. The van der Waals surface area contributed by atoms with Crippen LogP contribution in [0.5, 0.6) is 0 Å². The summed E-state index contributed by atoms with van der Waals surface area (Å²) >= 11 is 0. The van der Waals surface area contributed by atoms with Crippen LogP contribution in [0.1, 0.15) is 66.7 Å². The monoisotopic (exact) mass is 267 g/mol. The van der Waals surface area contributed by atoms with Crippen molar-refractivity contribution in [1.82, 2.24) is 5.32 Å². The molecule has 0 aromatic rings. The lowest BCUT2D eigenvalue weighted by Crippen LogP contribution is -2.62. The van der Waals surface area contributed by atoms with E-state index in [2.05, 4.69) is 39.9 Å². The minimum Gasteiger partial charge on any atom is -0.374 e. The summed E-state index contributed by atoms with van der Waals surface area (Å²) in [5.41, 5.74) is 0.347. The van der Waals surface area contributed by atoms with Gasteiger partial charge in [0.1, 0.15) is 0 Å². The highest BCUT2D eigenvalue weighted by atomic mass is 16.5. The van der Waals surface area contributed by atoms with Crippen LogP contribution in [0, 0.1) is 17.3 Å². The molecule has 0 heterocycles. The van der Waals surface area contributed by atoms with Crippen molar-refractivity contribution in [3.8, 4) is 0 Å². The van der Waals surface area contributed by atoms with E-state index >= 15 is 0 Å². The minimum atomic E-state index is 0.347. The number of rotatable bonds is 5. The molecule has 112 valence electrons. The predicted molar refractivity (Wildman–Crippen MR) is 81.3 cm³/mol. The van der Waals surface area contributed by atoms with E-state index < -0.39 is 0 Å². The first-order chi connectivity index (χ1) is 8.99. The third kappa shape index (κ3) is 3.16. The topological polar surface area (TPSA) is 21.3 Å². The molecule has 2 aliphatic carbocycles. The lowest BCUT2D eigenvalue weighted by Gasteiger charge is -2.55. The molecule has 2 nitrogen and oxygen atoms in total. The van der Waals surface area contributed by atoms with Gasteiger partial charge in [0.25, 0.3) is 0 Å². The van der Waals surface area contributed by atoms with Crippen LogP contribution in [0.3, 0.4) is 0 Å². The molecule has 0 bridgehead atoms. The molecule has 0 saturated heterocycles. The SMILES string of the molecule is CCNC1CC(OC2CC(C)CC(C)C2)C1(C)CC. The Hall–Kier alpha value is -0.0800. The van der Waals surface area contributed by atoms with Gasteiger partial charge in [-0.1, -0.05) is 34.6 Å². The highest BCUT2D eigenvalue weighted by Crippen LogP contribution is 2.47. The van der Waals surface area contributed by atoms with Crippen molar-refractivity contribution in [2.75, 3.05) is 6.54 Å². The largest absolute Gasteiger partial charge is 0.374 e. The molecule has 0 amide bonds. The van der Waals surface area contributed by atoms with Crippen molar-refractivity contribution >= 4 is 0 Å². The number of hydrogen-bond donors (Lipinski definition) is 1. The molecule has 2 saturated carbocycles. The summed E-state index contributed by atoms with van der Waals surface area (Å²) in [4.78, 5) is 0. The summed E-state index contributed by atoms with van der Waals surface area (Å²) < 4.78 is 6.51. The summed E-state index contributed by atoms with van der Waals surface area (Å²) in [6.07, 6.45) is 7.33. The van der Waals surface area contributed by atoms with E-state index in [0.29, 0.717) is 23.7 Å². The zero-order valence-electron chi connectivity index (χ0n) is 13.5.